The van der Waals surface area contributed by atoms with Gasteiger partial charge in [0.25, 0.3) is 11.8 Å². The molecule has 0 heterocycles. The largest absolute Gasteiger partial charge is 0.269 e. The van der Waals surface area contributed by atoms with Gasteiger partial charge in [-0.3, -0.25) is 20.4 Å². The Balaban J connectivity index is 2.10. The van der Waals surface area contributed by atoms with E-state index in [1.54, 1.807) is 18.2 Å². The standard InChI is InChI=1S/C16H16IN3O4S/c1-20(2)25(23,24)14-8-4-6-12(10-14)16(22)19-18-15(21)11-5-3-7-13(17)9-11/h3-10H,1-2H3,(H,18,21)(H,19,22). The monoisotopic (exact) mass is 473 g/mol. The summed E-state index contributed by atoms with van der Waals surface area (Å²) in [5, 5.41) is 0. The lowest BCUT2D eigenvalue weighted by atomic mass is 10.2. The highest BCUT2D eigenvalue weighted by Crippen LogP contribution is 2.14. The summed E-state index contributed by atoms with van der Waals surface area (Å²) in [5.41, 5.74) is 5.09. The SMILES string of the molecule is CN(C)S(=O)(=O)c1cccc(C(=O)NNC(=O)c2cccc(I)c2)c1. The zero-order valence-corrected chi connectivity index (χ0v) is 16.5. The molecule has 9 heteroatoms. The number of nitrogens with zero attached hydrogens (tertiary/aromatic N) is 1. The van der Waals surface area contributed by atoms with Gasteiger partial charge in [0.2, 0.25) is 10.0 Å². The number of rotatable bonds is 4. The highest BCUT2D eigenvalue weighted by Gasteiger charge is 2.19. The van der Waals surface area contributed by atoms with Crippen LogP contribution in [0.15, 0.2) is 53.4 Å². The van der Waals surface area contributed by atoms with Crippen LogP contribution in [0.5, 0.6) is 0 Å². The van der Waals surface area contributed by atoms with Crippen molar-refractivity contribution in [1.29, 1.82) is 0 Å². The number of hydrazine groups is 1. The summed E-state index contributed by atoms with van der Waals surface area (Å²) in [6, 6.07) is 12.4. The zero-order chi connectivity index (χ0) is 18.6. The molecule has 2 aromatic carbocycles. The molecule has 7 nitrogen and oxygen atoms in total. The Labute approximate surface area is 159 Å². The first-order valence-electron chi connectivity index (χ1n) is 7.10. The third kappa shape index (κ3) is 4.77. The van der Waals surface area contributed by atoms with Crippen molar-refractivity contribution in [1.82, 2.24) is 15.2 Å². The molecule has 0 saturated carbocycles. The van der Waals surface area contributed by atoms with E-state index in [2.05, 4.69) is 33.4 Å². The number of nitrogens with one attached hydrogen (secondary N) is 2. The van der Waals surface area contributed by atoms with Crippen LogP contribution in [0.2, 0.25) is 0 Å². The van der Waals surface area contributed by atoms with Crippen LogP contribution in [0.1, 0.15) is 20.7 Å². The maximum Gasteiger partial charge on any atom is 0.269 e. The van der Waals surface area contributed by atoms with E-state index in [0.29, 0.717) is 5.56 Å². The molecule has 0 saturated heterocycles. The predicted octanol–water partition coefficient (Wildman–Crippen LogP) is 1.62. The van der Waals surface area contributed by atoms with E-state index >= 15 is 0 Å². The summed E-state index contributed by atoms with van der Waals surface area (Å²) in [6.07, 6.45) is 0. The van der Waals surface area contributed by atoms with E-state index in [0.717, 1.165) is 7.88 Å². The van der Waals surface area contributed by atoms with Crippen LogP contribution >= 0.6 is 22.6 Å². The van der Waals surface area contributed by atoms with Gasteiger partial charge in [-0.25, -0.2) is 12.7 Å². The van der Waals surface area contributed by atoms with Crippen LogP contribution in [-0.2, 0) is 10.0 Å². The average Bonchev–Trinajstić information content (AvgIpc) is 2.59. The molecule has 0 fully saturated rings. The molecule has 0 unspecified atom stereocenters. The minimum atomic E-state index is -3.65. The Morgan fingerprint density at radius 1 is 0.920 bits per heavy atom. The molecular formula is C16H16IN3O4S. The molecule has 2 amide bonds. The highest BCUT2D eigenvalue weighted by atomic mass is 127. The first-order valence-corrected chi connectivity index (χ1v) is 9.62. The van der Waals surface area contributed by atoms with Crippen molar-refractivity contribution in [2.75, 3.05) is 14.1 Å². The van der Waals surface area contributed by atoms with Crippen molar-refractivity contribution in [2.45, 2.75) is 4.90 Å². The summed E-state index contributed by atoms with van der Waals surface area (Å²) in [7, 11) is -0.834. The Kier molecular flexibility index (Phi) is 6.14. The molecule has 0 atom stereocenters. The van der Waals surface area contributed by atoms with E-state index in [9.17, 15) is 18.0 Å². The van der Waals surface area contributed by atoms with Gasteiger partial charge in [-0.2, -0.15) is 0 Å². The maximum atomic E-state index is 12.2. The molecule has 0 aliphatic heterocycles. The van der Waals surface area contributed by atoms with Crippen molar-refractivity contribution >= 4 is 44.4 Å². The lowest BCUT2D eigenvalue weighted by molar-refractivity contribution is 0.0846. The first-order chi connectivity index (χ1) is 11.7. The summed E-state index contributed by atoms with van der Waals surface area (Å²) in [6.45, 7) is 0. The van der Waals surface area contributed by atoms with Crippen molar-refractivity contribution in [2.24, 2.45) is 0 Å². The highest BCUT2D eigenvalue weighted by molar-refractivity contribution is 14.1. The topological polar surface area (TPSA) is 95.6 Å². The van der Waals surface area contributed by atoms with E-state index in [4.69, 9.17) is 0 Å². The Morgan fingerprint density at radius 2 is 1.44 bits per heavy atom. The molecule has 132 valence electrons. The van der Waals surface area contributed by atoms with Gasteiger partial charge in [0.15, 0.2) is 0 Å². The Morgan fingerprint density at radius 3 is 1.96 bits per heavy atom. The number of benzene rings is 2. The molecule has 2 N–H and O–H groups in total. The molecule has 0 radical (unpaired) electrons. The second-order valence-corrected chi connectivity index (χ2v) is 8.63. The number of halogens is 1. The fourth-order valence-corrected chi connectivity index (χ4v) is 3.39. The van der Waals surface area contributed by atoms with Crippen LogP contribution < -0.4 is 10.9 Å². The first kappa shape index (κ1) is 19.3. The van der Waals surface area contributed by atoms with Crippen LogP contribution in [0.3, 0.4) is 0 Å². The van der Waals surface area contributed by atoms with Crippen LogP contribution in [0.4, 0.5) is 0 Å². The van der Waals surface area contributed by atoms with E-state index < -0.39 is 21.8 Å². The quantitative estimate of drug-likeness (QED) is 0.521. The van der Waals surface area contributed by atoms with Gasteiger partial charge in [-0.05, 0) is 59.0 Å². The Bertz CT molecular complexity index is 913. The van der Waals surface area contributed by atoms with Gasteiger partial charge in [0.1, 0.15) is 0 Å². The van der Waals surface area contributed by atoms with Crippen LogP contribution in [-0.4, -0.2) is 38.6 Å². The predicted molar refractivity (Wildman–Crippen MR) is 101 cm³/mol. The molecule has 0 aliphatic rings. The molecule has 25 heavy (non-hydrogen) atoms. The van der Waals surface area contributed by atoms with Crippen LogP contribution in [0.25, 0.3) is 0 Å². The fraction of sp³-hybridized carbons (Fsp3) is 0.125. The minimum absolute atomic E-state index is 0.00547. The number of carbonyl (C=O) groups is 2. The molecule has 2 rings (SSSR count). The fourth-order valence-electron chi connectivity index (χ4n) is 1.90. The van der Waals surface area contributed by atoms with E-state index in [1.165, 1.54) is 38.4 Å². The van der Waals surface area contributed by atoms with Crippen LogP contribution in [0, 0.1) is 3.57 Å². The van der Waals surface area contributed by atoms with Gasteiger partial charge in [0.05, 0.1) is 4.90 Å². The lowest BCUT2D eigenvalue weighted by Gasteiger charge is -2.12. The number of hydrogen-bond donors (Lipinski definition) is 2. The lowest BCUT2D eigenvalue weighted by Crippen LogP contribution is -2.41. The number of amides is 2. The average molecular weight is 473 g/mol. The summed E-state index contributed by atoms with van der Waals surface area (Å²) in [4.78, 5) is 24.2. The smallest absolute Gasteiger partial charge is 0.267 e. The second-order valence-electron chi connectivity index (χ2n) is 5.23. The van der Waals surface area contributed by atoms with Gasteiger partial charge < -0.3 is 0 Å². The number of carbonyl (C=O) groups excluding carboxylic acids is 2. The van der Waals surface area contributed by atoms with Crippen molar-refractivity contribution in [3.05, 3.63) is 63.2 Å². The van der Waals surface area contributed by atoms with Crippen molar-refractivity contribution in [3.63, 3.8) is 0 Å². The van der Waals surface area contributed by atoms with E-state index in [-0.39, 0.29) is 10.5 Å². The Hall–Kier alpha value is -1.98. The molecule has 2 aromatic rings. The van der Waals surface area contributed by atoms with Gasteiger partial charge in [-0.1, -0.05) is 12.1 Å². The van der Waals surface area contributed by atoms with E-state index in [1.807, 2.05) is 6.07 Å². The minimum Gasteiger partial charge on any atom is -0.267 e. The molecule has 0 aliphatic carbocycles. The number of hydrogen-bond acceptors (Lipinski definition) is 4. The second kappa shape index (κ2) is 7.93. The molecule has 0 bridgehead atoms. The van der Waals surface area contributed by atoms with Gasteiger partial charge >= 0.3 is 0 Å². The molecule has 0 spiro atoms. The normalized spacial score (nSPS) is 11.2. The third-order valence-corrected chi connectivity index (χ3v) is 5.73. The molecule has 0 aromatic heterocycles. The van der Waals surface area contributed by atoms with Crippen molar-refractivity contribution in [3.8, 4) is 0 Å². The molecular weight excluding hydrogens is 457 g/mol. The number of sulfonamides is 1. The third-order valence-electron chi connectivity index (χ3n) is 3.25. The summed E-state index contributed by atoms with van der Waals surface area (Å²) in [5.74, 6) is -1.08. The summed E-state index contributed by atoms with van der Waals surface area (Å²) < 4.78 is 26.2. The van der Waals surface area contributed by atoms with Crippen molar-refractivity contribution < 1.29 is 18.0 Å². The van der Waals surface area contributed by atoms with Gasteiger partial charge in [0, 0.05) is 28.8 Å². The zero-order valence-electron chi connectivity index (χ0n) is 13.5. The maximum absolute atomic E-state index is 12.2. The van der Waals surface area contributed by atoms with Gasteiger partial charge in [-0.15, -0.1) is 0 Å². The summed E-state index contributed by atoms with van der Waals surface area (Å²) >= 11 is 2.08.